The van der Waals surface area contributed by atoms with Crippen LogP contribution in [0.25, 0.3) is 0 Å². The zero-order chi connectivity index (χ0) is 11.9. The van der Waals surface area contributed by atoms with Crippen molar-refractivity contribution in [1.29, 1.82) is 0 Å². The van der Waals surface area contributed by atoms with Gasteiger partial charge in [-0.2, -0.15) is 5.10 Å². The Morgan fingerprint density at radius 3 is 3.06 bits per heavy atom. The topological polar surface area (TPSA) is 39.1 Å². The molecule has 0 saturated carbocycles. The fraction of sp³-hybridized carbons (Fsp3) is 0.769. The minimum Gasteiger partial charge on any atom is -0.381 e. The monoisotopic (exact) mass is 237 g/mol. The molecule has 0 spiro atoms. The lowest BCUT2D eigenvalue weighted by Crippen LogP contribution is -2.21. The maximum atomic E-state index is 5.37. The molecule has 4 nitrogen and oxygen atoms in total. The molecule has 4 heteroatoms. The molecule has 0 radical (unpaired) electrons. The molecule has 1 N–H and O–H groups in total. The van der Waals surface area contributed by atoms with Crippen LogP contribution in [-0.4, -0.2) is 29.5 Å². The van der Waals surface area contributed by atoms with Crippen molar-refractivity contribution in [2.75, 3.05) is 19.8 Å². The Bertz CT molecular complexity index is 318. The van der Waals surface area contributed by atoms with E-state index in [2.05, 4.69) is 34.3 Å². The molecule has 96 valence electrons. The molecular weight excluding hydrogens is 214 g/mol. The van der Waals surface area contributed by atoms with Gasteiger partial charge in [0.1, 0.15) is 0 Å². The fourth-order valence-corrected chi connectivity index (χ4v) is 2.19. The molecule has 0 aliphatic carbocycles. The van der Waals surface area contributed by atoms with Crippen LogP contribution in [0.15, 0.2) is 12.3 Å². The highest BCUT2D eigenvalue weighted by Gasteiger charge is 2.14. The van der Waals surface area contributed by atoms with E-state index in [0.717, 1.165) is 44.5 Å². The first-order valence-corrected chi connectivity index (χ1v) is 6.69. The molecule has 1 fully saturated rings. The van der Waals surface area contributed by atoms with Gasteiger partial charge < -0.3 is 10.1 Å². The van der Waals surface area contributed by atoms with Gasteiger partial charge in [0.2, 0.25) is 0 Å². The number of aromatic nitrogens is 2. The Morgan fingerprint density at radius 2 is 2.29 bits per heavy atom. The Balaban J connectivity index is 1.76. The summed E-state index contributed by atoms with van der Waals surface area (Å²) < 4.78 is 7.45. The lowest BCUT2D eigenvalue weighted by Gasteiger charge is -2.21. The van der Waals surface area contributed by atoms with Crippen LogP contribution in [0.3, 0.4) is 0 Å². The molecule has 1 saturated heterocycles. The molecule has 1 aromatic heterocycles. The fourth-order valence-electron chi connectivity index (χ4n) is 2.19. The average Bonchev–Trinajstić information content (AvgIpc) is 2.79. The highest BCUT2D eigenvalue weighted by atomic mass is 16.5. The summed E-state index contributed by atoms with van der Waals surface area (Å²) >= 11 is 0. The molecular formula is C13H23N3O. The highest BCUT2D eigenvalue weighted by Crippen LogP contribution is 2.16. The van der Waals surface area contributed by atoms with Crippen molar-refractivity contribution in [3.8, 4) is 0 Å². The molecule has 0 atom stereocenters. The van der Waals surface area contributed by atoms with Crippen LogP contribution >= 0.6 is 0 Å². The van der Waals surface area contributed by atoms with Gasteiger partial charge in [-0.25, -0.2) is 0 Å². The first kappa shape index (κ1) is 12.6. The van der Waals surface area contributed by atoms with Crippen molar-refractivity contribution in [3.05, 3.63) is 18.0 Å². The Hall–Kier alpha value is -0.870. The van der Waals surface area contributed by atoms with Crippen LogP contribution in [0.5, 0.6) is 0 Å². The maximum Gasteiger partial charge on any atom is 0.0762 e. The Morgan fingerprint density at radius 1 is 1.47 bits per heavy atom. The summed E-state index contributed by atoms with van der Waals surface area (Å²) in [5.41, 5.74) is 1.14. The molecule has 0 aromatic carbocycles. The molecule has 0 bridgehead atoms. The summed E-state index contributed by atoms with van der Waals surface area (Å²) in [6.07, 6.45) is 5.60. The van der Waals surface area contributed by atoms with E-state index in [1.54, 1.807) is 0 Å². The van der Waals surface area contributed by atoms with Crippen molar-refractivity contribution in [3.63, 3.8) is 0 Å². The predicted molar refractivity (Wildman–Crippen MR) is 67.8 cm³/mol. The van der Waals surface area contributed by atoms with E-state index in [9.17, 15) is 0 Å². The second kappa shape index (κ2) is 6.77. The van der Waals surface area contributed by atoms with Crippen molar-refractivity contribution >= 4 is 0 Å². The average molecular weight is 237 g/mol. The molecule has 2 heterocycles. The summed E-state index contributed by atoms with van der Waals surface area (Å²) in [6, 6.07) is 2.11. The predicted octanol–water partition coefficient (Wildman–Crippen LogP) is 1.81. The van der Waals surface area contributed by atoms with E-state index in [-0.39, 0.29) is 0 Å². The van der Waals surface area contributed by atoms with Gasteiger partial charge >= 0.3 is 0 Å². The van der Waals surface area contributed by atoms with E-state index >= 15 is 0 Å². The number of nitrogens with one attached hydrogen (secondary N) is 1. The van der Waals surface area contributed by atoms with Gasteiger partial charge in [-0.1, -0.05) is 6.92 Å². The number of hydrogen-bond acceptors (Lipinski definition) is 3. The maximum absolute atomic E-state index is 5.37. The van der Waals surface area contributed by atoms with E-state index in [0.29, 0.717) is 0 Å². The van der Waals surface area contributed by atoms with Crippen LogP contribution < -0.4 is 5.32 Å². The van der Waals surface area contributed by atoms with Gasteiger partial charge in [-0.15, -0.1) is 0 Å². The zero-order valence-electron chi connectivity index (χ0n) is 10.7. The summed E-state index contributed by atoms with van der Waals surface area (Å²) in [5.74, 6) is 0.736. The molecule has 1 aliphatic heterocycles. The highest BCUT2D eigenvalue weighted by molar-refractivity contribution is 4.98. The van der Waals surface area contributed by atoms with Gasteiger partial charge in [0.25, 0.3) is 0 Å². The van der Waals surface area contributed by atoms with E-state index < -0.39 is 0 Å². The van der Waals surface area contributed by atoms with Crippen molar-refractivity contribution in [2.24, 2.45) is 5.92 Å². The summed E-state index contributed by atoms with van der Waals surface area (Å²) in [4.78, 5) is 0. The van der Waals surface area contributed by atoms with Crippen LogP contribution in [0.4, 0.5) is 0 Å². The Labute approximate surface area is 103 Å². The van der Waals surface area contributed by atoms with E-state index in [4.69, 9.17) is 4.74 Å². The van der Waals surface area contributed by atoms with E-state index in [1.807, 2.05) is 0 Å². The third kappa shape index (κ3) is 4.13. The molecule has 0 unspecified atom stereocenters. The third-order valence-corrected chi connectivity index (χ3v) is 3.21. The second-order valence-electron chi connectivity index (χ2n) is 4.76. The van der Waals surface area contributed by atoms with Gasteiger partial charge in [0.05, 0.1) is 5.69 Å². The minimum atomic E-state index is 0.736. The third-order valence-electron chi connectivity index (χ3n) is 3.21. The lowest BCUT2D eigenvalue weighted by atomic mass is 10.0. The minimum absolute atomic E-state index is 0.736. The molecule has 0 amide bonds. The SMILES string of the molecule is CCCNCc1ccn(CC2CCOCC2)n1. The zero-order valence-corrected chi connectivity index (χ0v) is 10.7. The van der Waals surface area contributed by atoms with Crippen LogP contribution in [-0.2, 0) is 17.8 Å². The van der Waals surface area contributed by atoms with Crippen molar-refractivity contribution in [1.82, 2.24) is 15.1 Å². The second-order valence-corrected chi connectivity index (χ2v) is 4.76. The van der Waals surface area contributed by atoms with Crippen LogP contribution in [0.1, 0.15) is 31.9 Å². The van der Waals surface area contributed by atoms with Gasteiger partial charge in [-0.3, -0.25) is 4.68 Å². The first-order chi connectivity index (χ1) is 8.38. The molecule has 17 heavy (non-hydrogen) atoms. The van der Waals surface area contributed by atoms with Gasteiger partial charge in [0.15, 0.2) is 0 Å². The largest absolute Gasteiger partial charge is 0.381 e. The normalized spacial score (nSPS) is 17.5. The first-order valence-electron chi connectivity index (χ1n) is 6.69. The van der Waals surface area contributed by atoms with Crippen LogP contribution in [0, 0.1) is 5.92 Å². The van der Waals surface area contributed by atoms with Gasteiger partial charge in [0, 0.05) is 32.5 Å². The quantitative estimate of drug-likeness (QED) is 0.767. The number of hydrogen-bond donors (Lipinski definition) is 1. The summed E-state index contributed by atoms with van der Waals surface area (Å²) in [5, 5.41) is 7.96. The van der Waals surface area contributed by atoms with Crippen molar-refractivity contribution < 1.29 is 4.74 Å². The number of ether oxygens (including phenoxy) is 1. The summed E-state index contributed by atoms with van der Waals surface area (Å²) in [7, 11) is 0. The van der Waals surface area contributed by atoms with Crippen molar-refractivity contribution in [2.45, 2.75) is 39.3 Å². The summed E-state index contributed by atoms with van der Waals surface area (Å²) in [6.45, 7) is 6.99. The molecule has 2 rings (SSSR count). The van der Waals surface area contributed by atoms with Gasteiger partial charge in [-0.05, 0) is 37.8 Å². The molecule has 1 aliphatic rings. The lowest BCUT2D eigenvalue weighted by molar-refractivity contribution is 0.0601. The standard InChI is InChI=1S/C13H23N3O/c1-2-6-14-10-13-3-7-16(15-13)11-12-4-8-17-9-5-12/h3,7,12,14H,2,4-6,8-11H2,1H3. The number of rotatable bonds is 6. The van der Waals surface area contributed by atoms with Crippen LogP contribution in [0.2, 0.25) is 0 Å². The van der Waals surface area contributed by atoms with E-state index in [1.165, 1.54) is 19.3 Å². The Kier molecular flexibility index (Phi) is 5.01. The smallest absolute Gasteiger partial charge is 0.0762 e. The number of nitrogens with zero attached hydrogens (tertiary/aromatic N) is 2. The molecule has 1 aromatic rings.